The Morgan fingerprint density at radius 3 is 2.68 bits per heavy atom. The highest BCUT2D eigenvalue weighted by Crippen LogP contribution is 2.33. The van der Waals surface area contributed by atoms with Gasteiger partial charge in [0.25, 0.3) is 0 Å². The normalized spacial score (nSPS) is 23.0. The van der Waals surface area contributed by atoms with Crippen LogP contribution in [-0.2, 0) is 9.59 Å². The number of anilines is 1. The molecule has 120 valence electrons. The first-order valence-electron chi connectivity index (χ1n) is 6.59. The van der Waals surface area contributed by atoms with Crippen molar-refractivity contribution in [3.63, 3.8) is 0 Å². The Hall–Kier alpha value is -2.09. The molecule has 8 heteroatoms. The van der Waals surface area contributed by atoms with E-state index in [1.54, 1.807) is 6.92 Å². The second-order valence-corrected chi connectivity index (χ2v) is 5.40. The van der Waals surface area contributed by atoms with Crippen LogP contribution in [-0.4, -0.2) is 28.6 Å². The summed E-state index contributed by atoms with van der Waals surface area (Å²) in [6.45, 7) is 1.54. The Morgan fingerprint density at radius 2 is 2.14 bits per heavy atom. The maximum atomic E-state index is 12.5. The van der Waals surface area contributed by atoms with E-state index in [9.17, 15) is 27.9 Å². The molecule has 5 nitrogen and oxygen atoms in total. The van der Waals surface area contributed by atoms with E-state index in [0.717, 1.165) is 12.1 Å². The third-order valence-corrected chi connectivity index (χ3v) is 3.54. The van der Waals surface area contributed by atoms with E-state index in [-0.39, 0.29) is 23.6 Å². The number of nitrogens with one attached hydrogen (secondary N) is 2. The molecule has 1 aromatic rings. The van der Waals surface area contributed by atoms with Crippen molar-refractivity contribution in [3.05, 3.63) is 29.8 Å². The number of aliphatic hydroxyl groups is 1. The number of halogens is 3. The zero-order valence-corrected chi connectivity index (χ0v) is 11.7. The molecule has 1 unspecified atom stereocenters. The highest BCUT2D eigenvalue weighted by Gasteiger charge is 2.41. The highest BCUT2D eigenvalue weighted by molar-refractivity contribution is 6.02. The number of aliphatic hydroxyl groups excluding tert-OH is 1. The Balaban J connectivity index is 2.14. The molecular formula is C14H15F3N2O3. The molecule has 1 aliphatic heterocycles. The van der Waals surface area contributed by atoms with Gasteiger partial charge in [0.2, 0.25) is 11.8 Å². The largest absolute Gasteiger partial charge is 0.418 e. The van der Waals surface area contributed by atoms with Gasteiger partial charge in [-0.25, -0.2) is 0 Å². The lowest BCUT2D eigenvalue weighted by molar-refractivity contribution is -0.206. The van der Waals surface area contributed by atoms with Crippen molar-refractivity contribution in [3.8, 4) is 0 Å². The number of carbonyl (C=O) groups is 2. The van der Waals surface area contributed by atoms with Crippen molar-refractivity contribution in [2.45, 2.75) is 37.6 Å². The Labute approximate surface area is 124 Å². The maximum absolute atomic E-state index is 12.5. The lowest BCUT2D eigenvalue weighted by Crippen LogP contribution is -2.49. The third-order valence-electron chi connectivity index (χ3n) is 3.54. The molecule has 2 amide bonds. The molecule has 1 aromatic carbocycles. The number of benzene rings is 1. The van der Waals surface area contributed by atoms with E-state index >= 15 is 0 Å². The standard InChI is InChI=1S/C14H15F3N2O3/c1-13(6-5-10(20)19-13)12(22)18-9-4-2-3-8(7-9)11(21)14(15,16)17/h2-4,7,11,21H,5-6H2,1H3,(H,18,22)(H,19,20)/t11?,13-/m0/s1. The van der Waals surface area contributed by atoms with Crippen LogP contribution in [0.25, 0.3) is 0 Å². The second kappa shape index (κ2) is 5.60. The van der Waals surface area contributed by atoms with Gasteiger partial charge in [-0.05, 0) is 31.0 Å². The molecule has 2 rings (SSSR count). The summed E-state index contributed by atoms with van der Waals surface area (Å²) in [5.74, 6) is -0.768. The smallest absolute Gasteiger partial charge is 0.379 e. The predicted octanol–water partition coefficient (Wildman–Crippen LogP) is 1.89. The summed E-state index contributed by atoms with van der Waals surface area (Å²) >= 11 is 0. The van der Waals surface area contributed by atoms with Crippen molar-refractivity contribution in [2.24, 2.45) is 0 Å². The summed E-state index contributed by atoms with van der Waals surface area (Å²) in [5.41, 5.74) is -1.34. The molecule has 1 aliphatic rings. The minimum atomic E-state index is -4.78. The van der Waals surface area contributed by atoms with Crippen molar-refractivity contribution < 1.29 is 27.9 Å². The van der Waals surface area contributed by atoms with Crippen LogP contribution in [0.3, 0.4) is 0 Å². The number of hydrogen-bond donors (Lipinski definition) is 3. The molecule has 0 aliphatic carbocycles. The maximum Gasteiger partial charge on any atom is 0.418 e. The molecule has 22 heavy (non-hydrogen) atoms. The molecule has 0 saturated carbocycles. The van der Waals surface area contributed by atoms with Crippen LogP contribution in [0.15, 0.2) is 24.3 Å². The van der Waals surface area contributed by atoms with Gasteiger partial charge in [0, 0.05) is 12.1 Å². The van der Waals surface area contributed by atoms with E-state index in [1.165, 1.54) is 12.1 Å². The Morgan fingerprint density at radius 1 is 1.45 bits per heavy atom. The van der Waals surface area contributed by atoms with Crippen LogP contribution in [0.2, 0.25) is 0 Å². The van der Waals surface area contributed by atoms with Gasteiger partial charge in [0.05, 0.1) is 0 Å². The molecular weight excluding hydrogens is 301 g/mol. The topological polar surface area (TPSA) is 78.4 Å². The predicted molar refractivity (Wildman–Crippen MR) is 71.9 cm³/mol. The van der Waals surface area contributed by atoms with Gasteiger partial charge >= 0.3 is 6.18 Å². The van der Waals surface area contributed by atoms with Crippen LogP contribution >= 0.6 is 0 Å². The van der Waals surface area contributed by atoms with Crippen LogP contribution < -0.4 is 10.6 Å². The monoisotopic (exact) mass is 316 g/mol. The number of alkyl halides is 3. The molecule has 2 atom stereocenters. The SMILES string of the molecule is C[C@@]1(C(=O)Nc2cccc(C(O)C(F)(F)F)c2)CCC(=O)N1. The lowest BCUT2D eigenvalue weighted by atomic mass is 9.99. The van der Waals surface area contributed by atoms with Crippen molar-refractivity contribution in [1.29, 1.82) is 0 Å². The van der Waals surface area contributed by atoms with Gasteiger partial charge in [0.15, 0.2) is 6.10 Å². The number of carbonyl (C=O) groups excluding carboxylic acids is 2. The van der Waals surface area contributed by atoms with E-state index in [0.29, 0.717) is 6.42 Å². The Bertz CT molecular complexity index is 603. The van der Waals surface area contributed by atoms with E-state index < -0.39 is 23.7 Å². The van der Waals surface area contributed by atoms with Crippen LogP contribution in [0.5, 0.6) is 0 Å². The van der Waals surface area contributed by atoms with Gasteiger partial charge in [0.1, 0.15) is 5.54 Å². The van der Waals surface area contributed by atoms with E-state index in [1.807, 2.05) is 0 Å². The number of hydrogen-bond acceptors (Lipinski definition) is 3. The van der Waals surface area contributed by atoms with Gasteiger partial charge in [-0.1, -0.05) is 12.1 Å². The van der Waals surface area contributed by atoms with Crippen LogP contribution in [0.1, 0.15) is 31.4 Å². The Kier molecular flexibility index (Phi) is 4.15. The average Bonchev–Trinajstić information content (AvgIpc) is 2.78. The van der Waals surface area contributed by atoms with Gasteiger partial charge in [-0.2, -0.15) is 13.2 Å². The molecule has 0 radical (unpaired) electrons. The third kappa shape index (κ3) is 3.38. The van der Waals surface area contributed by atoms with Crippen LogP contribution in [0, 0.1) is 0 Å². The molecule has 0 aromatic heterocycles. The average molecular weight is 316 g/mol. The summed E-state index contributed by atoms with van der Waals surface area (Å²) in [6.07, 6.45) is -6.88. The second-order valence-electron chi connectivity index (χ2n) is 5.40. The first-order valence-corrected chi connectivity index (χ1v) is 6.59. The summed E-state index contributed by atoms with van der Waals surface area (Å²) in [6, 6.07) is 4.88. The van der Waals surface area contributed by atoms with Crippen molar-refractivity contribution >= 4 is 17.5 Å². The van der Waals surface area contributed by atoms with Crippen molar-refractivity contribution in [2.75, 3.05) is 5.32 Å². The molecule has 1 fully saturated rings. The summed E-state index contributed by atoms with van der Waals surface area (Å²) < 4.78 is 37.5. The fourth-order valence-electron chi connectivity index (χ4n) is 2.21. The lowest BCUT2D eigenvalue weighted by Gasteiger charge is -2.23. The van der Waals surface area contributed by atoms with E-state index in [2.05, 4.69) is 10.6 Å². The fourth-order valence-corrected chi connectivity index (χ4v) is 2.21. The quantitative estimate of drug-likeness (QED) is 0.797. The molecule has 0 spiro atoms. The highest BCUT2D eigenvalue weighted by atomic mass is 19.4. The van der Waals surface area contributed by atoms with Gasteiger partial charge < -0.3 is 15.7 Å². The summed E-state index contributed by atoms with van der Waals surface area (Å²) in [5, 5.41) is 14.2. The fraction of sp³-hybridized carbons (Fsp3) is 0.429. The first-order chi connectivity index (χ1) is 10.1. The van der Waals surface area contributed by atoms with Crippen molar-refractivity contribution in [1.82, 2.24) is 5.32 Å². The minimum Gasteiger partial charge on any atom is -0.379 e. The van der Waals surface area contributed by atoms with E-state index in [4.69, 9.17) is 0 Å². The number of rotatable bonds is 3. The molecule has 1 heterocycles. The summed E-state index contributed by atoms with van der Waals surface area (Å²) in [7, 11) is 0. The molecule has 1 saturated heterocycles. The van der Waals surface area contributed by atoms with Gasteiger partial charge in [-0.15, -0.1) is 0 Å². The number of amides is 2. The van der Waals surface area contributed by atoms with Gasteiger partial charge in [-0.3, -0.25) is 9.59 Å². The summed E-state index contributed by atoms with van der Waals surface area (Å²) in [4.78, 5) is 23.4. The molecule has 0 bridgehead atoms. The zero-order chi connectivity index (χ0) is 16.5. The zero-order valence-electron chi connectivity index (χ0n) is 11.7. The van der Waals surface area contributed by atoms with Crippen LogP contribution in [0.4, 0.5) is 18.9 Å². The first kappa shape index (κ1) is 16.3. The molecule has 3 N–H and O–H groups in total. The minimum absolute atomic E-state index is 0.119.